The molecule has 1 rings (SSSR count). The fourth-order valence-corrected chi connectivity index (χ4v) is 1.38. The van der Waals surface area contributed by atoms with Gasteiger partial charge in [-0.25, -0.2) is 8.78 Å². The van der Waals surface area contributed by atoms with E-state index in [1.165, 1.54) is 6.07 Å². The highest BCUT2D eigenvalue weighted by molar-refractivity contribution is 5.31. The van der Waals surface area contributed by atoms with Gasteiger partial charge in [0.15, 0.2) is 11.6 Å². The van der Waals surface area contributed by atoms with Crippen molar-refractivity contribution in [2.45, 2.75) is 19.4 Å². The van der Waals surface area contributed by atoms with Crippen LogP contribution in [0.3, 0.4) is 0 Å². The minimum absolute atomic E-state index is 0.220. The average molecular weight is 200 g/mol. The van der Waals surface area contributed by atoms with Crippen LogP contribution in [0.1, 0.15) is 24.1 Å². The van der Waals surface area contributed by atoms with Gasteiger partial charge in [-0.05, 0) is 29.7 Å². The molecule has 1 aromatic carbocycles. The zero-order valence-corrected chi connectivity index (χ0v) is 8.06. The molecule has 14 heavy (non-hydrogen) atoms. The van der Waals surface area contributed by atoms with E-state index in [9.17, 15) is 8.78 Å². The van der Waals surface area contributed by atoms with E-state index >= 15 is 0 Å². The van der Waals surface area contributed by atoms with E-state index < -0.39 is 17.7 Å². The number of aryl methyl sites for hydroxylation is 1. The molecule has 0 aliphatic rings. The molecule has 0 amide bonds. The number of hydrogen-bond donors (Lipinski definition) is 2. The number of hydrogen-bond acceptors (Lipinski definition) is 2. The largest absolute Gasteiger partial charge is 0.329 e. The Morgan fingerprint density at radius 1 is 1.29 bits per heavy atom. The van der Waals surface area contributed by atoms with Gasteiger partial charge in [0.25, 0.3) is 0 Å². The van der Waals surface area contributed by atoms with Crippen LogP contribution in [-0.2, 0) is 6.42 Å². The van der Waals surface area contributed by atoms with Gasteiger partial charge in [0, 0.05) is 12.6 Å². The van der Waals surface area contributed by atoms with E-state index in [1.54, 1.807) is 0 Å². The summed E-state index contributed by atoms with van der Waals surface area (Å²) in [5, 5.41) is 0. The van der Waals surface area contributed by atoms with Crippen molar-refractivity contribution in [3.8, 4) is 0 Å². The van der Waals surface area contributed by atoms with Crippen LogP contribution >= 0.6 is 0 Å². The summed E-state index contributed by atoms with van der Waals surface area (Å²) in [7, 11) is 0. The fraction of sp³-hybridized carbons (Fsp3) is 0.400. The van der Waals surface area contributed by atoms with E-state index in [4.69, 9.17) is 11.5 Å². The van der Waals surface area contributed by atoms with Crippen LogP contribution in [-0.4, -0.2) is 6.54 Å². The molecule has 4 heteroatoms. The molecule has 0 aliphatic carbocycles. The van der Waals surface area contributed by atoms with Crippen LogP contribution in [0.15, 0.2) is 12.1 Å². The molecule has 0 heterocycles. The Labute approximate surface area is 81.9 Å². The molecular weight excluding hydrogens is 186 g/mol. The quantitative estimate of drug-likeness (QED) is 0.776. The fourth-order valence-electron chi connectivity index (χ4n) is 1.38. The molecule has 2 nitrogen and oxygen atoms in total. The van der Waals surface area contributed by atoms with E-state index in [-0.39, 0.29) is 6.54 Å². The molecule has 0 unspecified atom stereocenters. The third-order valence-electron chi connectivity index (χ3n) is 2.22. The van der Waals surface area contributed by atoms with Gasteiger partial charge in [0.1, 0.15) is 0 Å². The van der Waals surface area contributed by atoms with Gasteiger partial charge in [-0.15, -0.1) is 0 Å². The predicted octanol–water partition coefficient (Wildman–Crippen LogP) is 1.49. The maximum Gasteiger partial charge on any atom is 0.159 e. The van der Waals surface area contributed by atoms with Crippen LogP contribution in [0.5, 0.6) is 0 Å². The first-order valence-electron chi connectivity index (χ1n) is 4.53. The monoisotopic (exact) mass is 200 g/mol. The number of nitrogens with two attached hydrogens (primary N) is 2. The highest BCUT2D eigenvalue weighted by Crippen LogP contribution is 2.20. The van der Waals surface area contributed by atoms with Crippen molar-refractivity contribution in [3.05, 3.63) is 34.9 Å². The molecule has 0 bridgehead atoms. The van der Waals surface area contributed by atoms with E-state index in [0.717, 1.165) is 6.07 Å². The summed E-state index contributed by atoms with van der Waals surface area (Å²) < 4.78 is 25.8. The van der Waals surface area contributed by atoms with Crippen molar-refractivity contribution in [3.63, 3.8) is 0 Å². The average Bonchev–Trinajstić information content (AvgIpc) is 2.20. The lowest BCUT2D eigenvalue weighted by Gasteiger charge is -2.14. The Kier molecular flexibility index (Phi) is 3.55. The molecule has 4 N–H and O–H groups in total. The first-order chi connectivity index (χ1) is 6.60. The summed E-state index contributed by atoms with van der Waals surface area (Å²) in [4.78, 5) is 0. The second-order valence-electron chi connectivity index (χ2n) is 3.16. The number of rotatable bonds is 3. The van der Waals surface area contributed by atoms with Crippen molar-refractivity contribution in [2.75, 3.05) is 6.54 Å². The summed E-state index contributed by atoms with van der Waals surface area (Å²) in [6.07, 6.45) is 0.611. The van der Waals surface area contributed by atoms with E-state index in [1.807, 2.05) is 6.92 Å². The van der Waals surface area contributed by atoms with Crippen molar-refractivity contribution in [1.82, 2.24) is 0 Å². The highest BCUT2D eigenvalue weighted by Gasteiger charge is 2.13. The molecule has 0 saturated heterocycles. The lowest BCUT2D eigenvalue weighted by Crippen LogP contribution is -2.22. The van der Waals surface area contributed by atoms with Crippen molar-refractivity contribution >= 4 is 0 Å². The third-order valence-corrected chi connectivity index (χ3v) is 2.22. The third kappa shape index (κ3) is 2.08. The topological polar surface area (TPSA) is 52.0 Å². The van der Waals surface area contributed by atoms with Crippen molar-refractivity contribution in [2.24, 2.45) is 11.5 Å². The summed E-state index contributed by atoms with van der Waals surface area (Å²) >= 11 is 0. The second kappa shape index (κ2) is 4.48. The Hall–Kier alpha value is -1.00. The van der Waals surface area contributed by atoms with Gasteiger partial charge in [-0.1, -0.05) is 6.92 Å². The molecule has 0 aliphatic heterocycles. The van der Waals surface area contributed by atoms with Crippen LogP contribution in [0.4, 0.5) is 8.78 Å². The molecule has 1 atom stereocenters. The normalized spacial score (nSPS) is 12.9. The minimum atomic E-state index is -0.874. The summed E-state index contributed by atoms with van der Waals surface area (Å²) in [6.45, 7) is 2.08. The Balaban J connectivity index is 3.19. The molecule has 0 fully saturated rings. The summed E-state index contributed by atoms with van der Waals surface area (Å²) in [6, 6.07) is 1.88. The zero-order valence-electron chi connectivity index (χ0n) is 8.06. The molecule has 0 saturated carbocycles. The molecular formula is C10H14F2N2. The first kappa shape index (κ1) is 11.1. The van der Waals surface area contributed by atoms with Crippen LogP contribution in [0, 0.1) is 11.6 Å². The zero-order chi connectivity index (χ0) is 10.7. The first-order valence-corrected chi connectivity index (χ1v) is 4.53. The minimum Gasteiger partial charge on any atom is -0.329 e. The molecule has 78 valence electrons. The van der Waals surface area contributed by atoms with Gasteiger partial charge in [0.2, 0.25) is 0 Å². The Morgan fingerprint density at radius 2 is 1.86 bits per heavy atom. The molecule has 1 aromatic rings. The smallest absolute Gasteiger partial charge is 0.159 e. The maximum absolute atomic E-state index is 12.9. The highest BCUT2D eigenvalue weighted by atomic mass is 19.2. The Bertz CT molecular complexity index is 326. The molecule has 0 aromatic heterocycles. The van der Waals surface area contributed by atoms with Gasteiger partial charge in [-0.2, -0.15) is 0 Å². The number of benzene rings is 1. The van der Waals surface area contributed by atoms with E-state index in [0.29, 0.717) is 17.5 Å². The summed E-state index contributed by atoms with van der Waals surface area (Å²) in [5.74, 6) is -1.71. The lowest BCUT2D eigenvalue weighted by atomic mass is 9.99. The number of halogens is 2. The van der Waals surface area contributed by atoms with E-state index in [2.05, 4.69) is 0 Å². The predicted molar refractivity (Wildman–Crippen MR) is 51.7 cm³/mol. The lowest BCUT2D eigenvalue weighted by molar-refractivity contribution is 0.503. The van der Waals surface area contributed by atoms with Gasteiger partial charge >= 0.3 is 0 Å². The van der Waals surface area contributed by atoms with Crippen LogP contribution < -0.4 is 11.5 Å². The van der Waals surface area contributed by atoms with Crippen LogP contribution in [0.2, 0.25) is 0 Å². The second-order valence-corrected chi connectivity index (χ2v) is 3.16. The van der Waals surface area contributed by atoms with Crippen molar-refractivity contribution < 1.29 is 8.78 Å². The summed E-state index contributed by atoms with van der Waals surface area (Å²) in [5.41, 5.74) is 12.4. The van der Waals surface area contributed by atoms with Crippen LogP contribution in [0.25, 0.3) is 0 Å². The Morgan fingerprint density at radius 3 is 2.36 bits per heavy atom. The maximum atomic E-state index is 12.9. The van der Waals surface area contributed by atoms with Gasteiger partial charge in [0.05, 0.1) is 0 Å². The van der Waals surface area contributed by atoms with Gasteiger partial charge in [-0.3, -0.25) is 0 Å². The standard InChI is InChI=1S/C10H14F2N2/c1-2-6-3-8(11)9(12)4-7(6)10(14)5-13/h3-4,10H,2,5,13-14H2,1H3/t10-/m1/s1. The SMILES string of the molecule is CCc1cc(F)c(F)cc1[C@H](N)CN. The molecule has 0 spiro atoms. The van der Waals surface area contributed by atoms with Gasteiger partial charge < -0.3 is 11.5 Å². The van der Waals surface area contributed by atoms with Crippen molar-refractivity contribution in [1.29, 1.82) is 0 Å². The molecule has 0 radical (unpaired) electrons.